The lowest BCUT2D eigenvalue weighted by molar-refractivity contribution is 0.346. The SMILES string of the molecule is CCC(C)c1noc([C@H](N)CCSC)n1. The lowest BCUT2D eigenvalue weighted by Gasteiger charge is -2.04. The summed E-state index contributed by atoms with van der Waals surface area (Å²) in [4.78, 5) is 4.32. The number of hydrogen-bond donors (Lipinski definition) is 1. The van der Waals surface area contributed by atoms with Crippen molar-refractivity contribution >= 4 is 11.8 Å². The van der Waals surface area contributed by atoms with Gasteiger partial charge in [-0.2, -0.15) is 16.7 Å². The van der Waals surface area contributed by atoms with E-state index in [1.54, 1.807) is 11.8 Å². The number of aromatic nitrogens is 2. The predicted octanol–water partition coefficient (Wildman–Crippen LogP) is 2.34. The molecule has 0 aliphatic rings. The number of hydrogen-bond acceptors (Lipinski definition) is 5. The highest BCUT2D eigenvalue weighted by atomic mass is 32.2. The normalized spacial score (nSPS) is 15.2. The van der Waals surface area contributed by atoms with E-state index in [0.29, 0.717) is 11.8 Å². The molecular formula is C10H19N3OS. The second-order valence-corrected chi connectivity index (χ2v) is 4.67. The molecule has 2 atom stereocenters. The first-order valence-electron chi connectivity index (χ1n) is 5.27. The van der Waals surface area contributed by atoms with Crippen LogP contribution in [0.4, 0.5) is 0 Å². The van der Waals surface area contributed by atoms with Crippen LogP contribution in [0, 0.1) is 0 Å². The maximum absolute atomic E-state index is 5.93. The monoisotopic (exact) mass is 229 g/mol. The molecule has 0 fully saturated rings. The quantitative estimate of drug-likeness (QED) is 0.811. The maximum atomic E-state index is 5.93. The molecule has 0 amide bonds. The van der Waals surface area contributed by atoms with Crippen molar-refractivity contribution in [1.29, 1.82) is 0 Å². The summed E-state index contributed by atoms with van der Waals surface area (Å²) < 4.78 is 5.15. The zero-order valence-corrected chi connectivity index (χ0v) is 10.4. The van der Waals surface area contributed by atoms with E-state index in [-0.39, 0.29) is 6.04 Å². The van der Waals surface area contributed by atoms with Crippen molar-refractivity contribution in [3.8, 4) is 0 Å². The van der Waals surface area contributed by atoms with E-state index in [1.165, 1.54) is 0 Å². The van der Waals surface area contributed by atoms with Crippen LogP contribution in [0.15, 0.2) is 4.52 Å². The van der Waals surface area contributed by atoms with Crippen molar-refractivity contribution in [2.24, 2.45) is 5.73 Å². The minimum absolute atomic E-state index is 0.122. The van der Waals surface area contributed by atoms with Crippen LogP contribution < -0.4 is 5.73 Å². The van der Waals surface area contributed by atoms with Crippen molar-refractivity contribution in [3.05, 3.63) is 11.7 Å². The summed E-state index contributed by atoms with van der Waals surface area (Å²) in [6.45, 7) is 4.19. The molecule has 0 aromatic carbocycles. The molecule has 4 nitrogen and oxygen atoms in total. The molecule has 1 heterocycles. The Morgan fingerprint density at radius 3 is 2.87 bits per heavy atom. The summed E-state index contributed by atoms with van der Waals surface area (Å²) in [7, 11) is 0. The molecule has 0 bridgehead atoms. The highest BCUT2D eigenvalue weighted by Gasteiger charge is 2.16. The van der Waals surface area contributed by atoms with Gasteiger partial charge in [-0.25, -0.2) is 0 Å². The van der Waals surface area contributed by atoms with Gasteiger partial charge in [0.25, 0.3) is 0 Å². The van der Waals surface area contributed by atoms with Gasteiger partial charge in [-0.1, -0.05) is 19.0 Å². The molecule has 0 spiro atoms. The van der Waals surface area contributed by atoms with Gasteiger partial charge in [-0.3, -0.25) is 0 Å². The summed E-state index contributed by atoms with van der Waals surface area (Å²) in [5.74, 6) is 2.70. The van der Waals surface area contributed by atoms with Crippen LogP contribution in [0.25, 0.3) is 0 Å². The van der Waals surface area contributed by atoms with Crippen LogP contribution in [-0.4, -0.2) is 22.1 Å². The van der Waals surface area contributed by atoms with E-state index in [0.717, 1.165) is 24.4 Å². The summed E-state index contributed by atoms with van der Waals surface area (Å²) >= 11 is 1.77. The van der Waals surface area contributed by atoms with E-state index < -0.39 is 0 Å². The molecule has 0 saturated carbocycles. The number of nitrogens with two attached hydrogens (primary N) is 1. The van der Waals surface area contributed by atoms with Crippen LogP contribution in [-0.2, 0) is 0 Å². The fourth-order valence-corrected chi connectivity index (χ4v) is 1.64. The second-order valence-electron chi connectivity index (χ2n) is 3.69. The average molecular weight is 229 g/mol. The van der Waals surface area contributed by atoms with Crippen LogP contribution >= 0.6 is 11.8 Å². The fraction of sp³-hybridized carbons (Fsp3) is 0.800. The topological polar surface area (TPSA) is 64.9 Å². The number of rotatable bonds is 6. The number of thioether (sulfide) groups is 1. The second kappa shape index (κ2) is 6.12. The lowest BCUT2D eigenvalue weighted by Crippen LogP contribution is -2.11. The van der Waals surface area contributed by atoms with Crippen molar-refractivity contribution in [2.75, 3.05) is 12.0 Å². The summed E-state index contributed by atoms with van der Waals surface area (Å²) in [5.41, 5.74) is 5.93. The standard InChI is InChI=1S/C10H19N3OS/c1-4-7(2)9-12-10(14-13-9)8(11)5-6-15-3/h7-8H,4-6,11H2,1-3H3/t7?,8-/m1/s1. The minimum atomic E-state index is -0.122. The molecule has 0 radical (unpaired) electrons. The van der Waals surface area contributed by atoms with Gasteiger partial charge in [0.15, 0.2) is 5.82 Å². The van der Waals surface area contributed by atoms with Gasteiger partial charge in [0.2, 0.25) is 5.89 Å². The number of nitrogens with zero attached hydrogens (tertiary/aromatic N) is 2. The van der Waals surface area contributed by atoms with Crippen molar-refractivity contribution in [1.82, 2.24) is 10.1 Å². The van der Waals surface area contributed by atoms with Crippen LogP contribution in [0.5, 0.6) is 0 Å². The van der Waals surface area contributed by atoms with E-state index in [9.17, 15) is 0 Å². The highest BCUT2D eigenvalue weighted by molar-refractivity contribution is 7.98. The molecule has 1 unspecified atom stereocenters. The third-order valence-electron chi connectivity index (χ3n) is 2.46. The molecule has 1 aromatic heterocycles. The molecular weight excluding hydrogens is 210 g/mol. The molecule has 1 aromatic rings. The van der Waals surface area contributed by atoms with Gasteiger partial charge in [-0.15, -0.1) is 0 Å². The summed E-state index contributed by atoms with van der Waals surface area (Å²) in [6.07, 6.45) is 3.95. The Labute approximate surface area is 95.0 Å². The first-order valence-corrected chi connectivity index (χ1v) is 6.66. The smallest absolute Gasteiger partial charge is 0.243 e. The molecule has 86 valence electrons. The Balaban J connectivity index is 2.58. The van der Waals surface area contributed by atoms with Gasteiger partial charge >= 0.3 is 0 Å². The van der Waals surface area contributed by atoms with Crippen molar-refractivity contribution in [2.45, 2.75) is 38.6 Å². The van der Waals surface area contributed by atoms with Crippen LogP contribution in [0.2, 0.25) is 0 Å². The Kier molecular flexibility index (Phi) is 5.11. The van der Waals surface area contributed by atoms with Gasteiger partial charge in [-0.05, 0) is 24.9 Å². The lowest BCUT2D eigenvalue weighted by atomic mass is 10.1. The third-order valence-corrected chi connectivity index (χ3v) is 3.10. The fourth-order valence-electron chi connectivity index (χ4n) is 1.15. The van der Waals surface area contributed by atoms with Crippen molar-refractivity contribution in [3.63, 3.8) is 0 Å². The molecule has 0 aliphatic heterocycles. The van der Waals surface area contributed by atoms with Gasteiger partial charge in [0, 0.05) is 5.92 Å². The average Bonchev–Trinajstić information content (AvgIpc) is 2.74. The van der Waals surface area contributed by atoms with Crippen LogP contribution in [0.1, 0.15) is 50.4 Å². The molecule has 2 N–H and O–H groups in total. The van der Waals surface area contributed by atoms with E-state index >= 15 is 0 Å². The molecule has 5 heteroatoms. The minimum Gasteiger partial charge on any atom is -0.338 e. The first kappa shape index (κ1) is 12.5. The molecule has 15 heavy (non-hydrogen) atoms. The highest BCUT2D eigenvalue weighted by Crippen LogP contribution is 2.19. The van der Waals surface area contributed by atoms with Gasteiger partial charge < -0.3 is 10.3 Å². The molecule has 0 saturated heterocycles. The Morgan fingerprint density at radius 2 is 2.27 bits per heavy atom. The Bertz CT molecular complexity index is 290. The van der Waals surface area contributed by atoms with Crippen LogP contribution in [0.3, 0.4) is 0 Å². The first-order chi connectivity index (χ1) is 7.19. The Hall–Kier alpha value is -0.550. The van der Waals surface area contributed by atoms with E-state index in [4.69, 9.17) is 10.3 Å². The third kappa shape index (κ3) is 3.50. The predicted molar refractivity (Wildman–Crippen MR) is 62.9 cm³/mol. The zero-order valence-electron chi connectivity index (χ0n) is 9.56. The largest absolute Gasteiger partial charge is 0.338 e. The summed E-state index contributed by atoms with van der Waals surface area (Å²) in [6, 6.07) is -0.122. The zero-order chi connectivity index (χ0) is 11.3. The molecule has 1 rings (SSSR count). The van der Waals surface area contributed by atoms with E-state index in [2.05, 4.69) is 30.2 Å². The van der Waals surface area contributed by atoms with E-state index in [1.807, 2.05) is 0 Å². The van der Waals surface area contributed by atoms with Gasteiger partial charge in [0.05, 0.1) is 6.04 Å². The summed E-state index contributed by atoms with van der Waals surface area (Å²) in [5, 5.41) is 3.94. The Morgan fingerprint density at radius 1 is 1.53 bits per heavy atom. The van der Waals surface area contributed by atoms with Crippen molar-refractivity contribution < 1.29 is 4.52 Å². The van der Waals surface area contributed by atoms with Gasteiger partial charge in [0.1, 0.15) is 0 Å². The maximum Gasteiger partial charge on any atom is 0.243 e. The molecule has 0 aliphatic carbocycles.